The van der Waals surface area contributed by atoms with E-state index in [1.807, 2.05) is 6.92 Å². The molecule has 0 aliphatic heterocycles. The van der Waals surface area contributed by atoms with Crippen LogP contribution in [0, 0.1) is 23.2 Å². The Hall–Kier alpha value is -1.91. The predicted molar refractivity (Wildman–Crippen MR) is 103 cm³/mol. The van der Waals surface area contributed by atoms with Gasteiger partial charge in [-0.25, -0.2) is 4.79 Å². The Kier molecular flexibility index (Phi) is 6.33. The highest BCUT2D eigenvalue weighted by Gasteiger charge is 2.59. The minimum atomic E-state index is -0.883. The smallest absolute Gasteiger partial charge is 0.334 e. The third-order valence-corrected chi connectivity index (χ3v) is 6.64. The Balaban J connectivity index is 2.44. The summed E-state index contributed by atoms with van der Waals surface area (Å²) in [6, 6.07) is 0. The summed E-state index contributed by atoms with van der Waals surface area (Å²) in [5.41, 5.74) is 0.975. The molecule has 2 rings (SSSR count). The normalized spacial score (nSPS) is 36.6. The fourth-order valence-corrected chi connectivity index (χ4v) is 4.67. The zero-order valence-electron chi connectivity index (χ0n) is 17.3. The highest BCUT2D eigenvalue weighted by atomic mass is 16.6. The van der Waals surface area contributed by atoms with Gasteiger partial charge in [0.05, 0.1) is 5.92 Å². The molecule has 2 aliphatic carbocycles. The third-order valence-electron chi connectivity index (χ3n) is 6.64. The van der Waals surface area contributed by atoms with Crippen molar-refractivity contribution in [1.82, 2.24) is 0 Å². The van der Waals surface area contributed by atoms with Gasteiger partial charge in [0.1, 0.15) is 6.10 Å². The van der Waals surface area contributed by atoms with E-state index >= 15 is 0 Å². The fraction of sp³-hybridized carbons (Fsp3) is 0.682. The van der Waals surface area contributed by atoms with Crippen LogP contribution in [0.15, 0.2) is 23.8 Å². The summed E-state index contributed by atoms with van der Waals surface area (Å²) in [5, 5.41) is 0. The minimum absolute atomic E-state index is 0.146. The maximum Gasteiger partial charge on any atom is 0.334 e. The van der Waals surface area contributed by atoms with Crippen LogP contribution >= 0.6 is 0 Å². The largest absolute Gasteiger partial charge is 0.462 e. The summed E-state index contributed by atoms with van der Waals surface area (Å²) < 4.78 is 11.2. The number of rotatable bonds is 4. The average molecular weight is 376 g/mol. The van der Waals surface area contributed by atoms with Gasteiger partial charge in [-0.05, 0) is 51.4 Å². The van der Waals surface area contributed by atoms with Gasteiger partial charge in [0, 0.05) is 18.4 Å². The van der Waals surface area contributed by atoms with Crippen molar-refractivity contribution < 1.29 is 23.9 Å². The van der Waals surface area contributed by atoms with Crippen LogP contribution in [0.5, 0.6) is 0 Å². The first-order valence-corrected chi connectivity index (χ1v) is 9.73. The molecule has 5 nitrogen and oxygen atoms in total. The topological polar surface area (TPSA) is 69.7 Å². The Labute approximate surface area is 162 Å². The first-order chi connectivity index (χ1) is 12.5. The maximum absolute atomic E-state index is 13.5. The lowest BCUT2D eigenvalue weighted by Crippen LogP contribution is -2.60. The van der Waals surface area contributed by atoms with Crippen LogP contribution in [0.3, 0.4) is 0 Å². The van der Waals surface area contributed by atoms with Crippen molar-refractivity contribution in [2.45, 2.75) is 73.0 Å². The van der Waals surface area contributed by atoms with Crippen molar-refractivity contribution in [3.63, 3.8) is 0 Å². The molecule has 150 valence electrons. The van der Waals surface area contributed by atoms with E-state index in [9.17, 15) is 14.4 Å². The third kappa shape index (κ3) is 4.02. The highest BCUT2D eigenvalue weighted by Crippen LogP contribution is 2.55. The van der Waals surface area contributed by atoms with Crippen molar-refractivity contribution in [2.75, 3.05) is 0 Å². The van der Waals surface area contributed by atoms with Gasteiger partial charge in [0.2, 0.25) is 0 Å². The molecule has 2 fully saturated rings. The summed E-state index contributed by atoms with van der Waals surface area (Å²) in [6.45, 7) is 15.0. The molecule has 1 unspecified atom stereocenters. The second-order valence-corrected chi connectivity index (χ2v) is 8.47. The number of hydrogen-bond donors (Lipinski definition) is 0. The van der Waals surface area contributed by atoms with Crippen LogP contribution in [0.2, 0.25) is 0 Å². The Morgan fingerprint density at radius 3 is 2.33 bits per heavy atom. The molecule has 2 aliphatic rings. The van der Waals surface area contributed by atoms with Crippen LogP contribution < -0.4 is 0 Å². The standard InChI is InChI=1S/C22H32O5/c1-8-13(4)21(25)27-20-16(12(2)3)11-22(7)14(5)9-10-17(26-15(6)23)18(22)19(20)24/h8,14,16-18,20H,2,9-11H2,1,3-7H3/b13-8-/t14-,16+,17?,18-,20+,22+/m0/s1. The van der Waals surface area contributed by atoms with Crippen molar-refractivity contribution in [3.05, 3.63) is 23.8 Å². The molecular weight excluding hydrogens is 344 g/mol. The summed E-state index contributed by atoms with van der Waals surface area (Å²) in [5.74, 6) is -1.42. The van der Waals surface area contributed by atoms with Crippen molar-refractivity contribution in [2.24, 2.45) is 23.2 Å². The number of hydrogen-bond acceptors (Lipinski definition) is 5. The minimum Gasteiger partial charge on any atom is -0.462 e. The molecule has 0 bridgehead atoms. The second kappa shape index (κ2) is 7.99. The lowest BCUT2D eigenvalue weighted by atomic mass is 9.51. The monoisotopic (exact) mass is 376 g/mol. The molecule has 2 saturated carbocycles. The quantitative estimate of drug-likeness (QED) is 0.421. The van der Waals surface area contributed by atoms with Crippen LogP contribution in [0.1, 0.15) is 60.8 Å². The van der Waals surface area contributed by atoms with Gasteiger partial charge in [0.15, 0.2) is 11.9 Å². The molecule has 6 atom stereocenters. The molecule has 0 aromatic carbocycles. The Bertz CT molecular complexity index is 676. The van der Waals surface area contributed by atoms with E-state index in [1.165, 1.54) is 6.92 Å². The first kappa shape index (κ1) is 21.4. The Morgan fingerprint density at radius 1 is 1.19 bits per heavy atom. The molecule has 0 N–H and O–H groups in total. The van der Waals surface area contributed by atoms with Gasteiger partial charge in [-0.2, -0.15) is 0 Å². The average Bonchev–Trinajstić information content (AvgIpc) is 2.58. The van der Waals surface area contributed by atoms with E-state index in [1.54, 1.807) is 19.9 Å². The van der Waals surface area contributed by atoms with E-state index in [2.05, 4.69) is 20.4 Å². The highest BCUT2D eigenvalue weighted by molar-refractivity contribution is 5.94. The van der Waals surface area contributed by atoms with E-state index in [-0.39, 0.29) is 23.1 Å². The van der Waals surface area contributed by atoms with Crippen molar-refractivity contribution >= 4 is 17.7 Å². The summed E-state index contributed by atoms with van der Waals surface area (Å²) >= 11 is 0. The van der Waals surface area contributed by atoms with E-state index in [0.717, 1.165) is 12.0 Å². The van der Waals surface area contributed by atoms with Gasteiger partial charge in [-0.15, -0.1) is 0 Å². The summed E-state index contributed by atoms with van der Waals surface area (Å²) in [4.78, 5) is 37.5. The number of Topliss-reactive ketones (excluding diaryl/α,β-unsaturated/α-hetero) is 1. The van der Waals surface area contributed by atoms with Crippen molar-refractivity contribution in [1.29, 1.82) is 0 Å². The zero-order valence-corrected chi connectivity index (χ0v) is 17.3. The second-order valence-electron chi connectivity index (χ2n) is 8.47. The van der Waals surface area contributed by atoms with Gasteiger partial charge in [-0.1, -0.05) is 32.1 Å². The number of carbonyl (C=O) groups excluding carboxylic acids is 3. The maximum atomic E-state index is 13.5. The van der Waals surface area contributed by atoms with Crippen LogP contribution in [-0.4, -0.2) is 29.9 Å². The lowest BCUT2D eigenvalue weighted by Gasteiger charge is -2.54. The van der Waals surface area contributed by atoms with E-state index in [4.69, 9.17) is 9.47 Å². The zero-order chi connectivity index (χ0) is 20.5. The molecule has 0 amide bonds. The molecule has 0 radical (unpaired) electrons. The summed E-state index contributed by atoms with van der Waals surface area (Å²) in [6.07, 6.45) is 2.55. The molecule has 0 aromatic heterocycles. The number of ketones is 1. The van der Waals surface area contributed by atoms with Crippen LogP contribution in [0.25, 0.3) is 0 Å². The number of ether oxygens (including phenoxy) is 2. The summed E-state index contributed by atoms with van der Waals surface area (Å²) in [7, 11) is 0. The molecule has 27 heavy (non-hydrogen) atoms. The molecule has 5 heteroatoms. The molecule has 0 heterocycles. The first-order valence-electron chi connectivity index (χ1n) is 9.73. The number of fused-ring (bicyclic) bond motifs is 1. The number of carbonyl (C=O) groups is 3. The fourth-order valence-electron chi connectivity index (χ4n) is 4.67. The van der Waals surface area contributed by atoms with Crippen LogP contribution in [-0.2, 0) is 23.9 Å². The SMILES string of the molecule is C=C(C)[C@H]1C[C@@]2(C)[C@H](C(=O)[C@@H]1OC(=O)/C(C)=C\C)C(OC(C)=O)CC[C@@H]2C. The van der Waals surface area contributed by atoms with E-state index < -0.39 is 24.1 Å². The Morgan fingerprint density at radius 2 is 1.81 bits per heavy atom. The molecule has 0 saturated heterocycles. The molecule has 0 aromatic rings. The van der Waals surface area contributed by atoms with Gasteiger partial charge in [-0.3, -0.25) is 9.59 Å². The van der Waals surface area contributed by atoms with Crippen molar-refractivity contribution in [3.8, 4) is 0 Å². The van der Waals surface area contributed by atoms with Gasteiger partial charge >= 0.3 is 11.9 Å². The molecule has 0 spiro atoms. The number of allylic oxidation sites excluding steroid dienone is 1. The van der Waals surface area contributed by atoms with Crippen LogP contribution in [0.4, 0.5) is 0 Å². The van der Waals surface area contributed by atoms with Gasteiger partial charge < -0.3 is 9.47 Å². The lowest BCUT2D eigenvalue weighted by molar-refractivity contribution is -0.183. The number of esters is 2. The predicted octanol–water partition coefficient (Wildman–Crippen LogP) is 4.01. The molecular formula is C22H32O5. The van der Waals surface area contributed by atoms with Gasteiger partial charge in [0.25, 0.3) is 0 Å². The van der Waals surface area contributed by atoms with E-state index in [0.29, 0.717) is 24.3 Å².